The Kier molecular flexibility index (Phi) is 7.90. The number of rotatable bonds is 10. The van der Waals surface area contributed by atoms with E-state index >= 15 is 0 Å². The molecule has 4 rings (SSSR count). The molecule has 1 atom stereocenters. The molecule has 6 heteroatoms. The Bertz CT molecular complexity index is 1210. The first-order valence-corrected chi connectivity index (χ1v) is 14.6. The number of unbranched alkanes of at least 4 members (excludes halogenated alkanes) is 1. The first-order valence-electron chi connectivity index (χ1n) is 12.3. The van der Waals surface area contributed by atoms with E-state index < -0.39 is 8.32 Å². The Balaban J connectivity index is 1.41. The van der Waals surface area contributed by atoms with Crippen LogP contribution in [-0.4, -0.2) is 29.1 Å². The van der Waals surface area contributed by atoms with Gasteiger partial charge in [-0.15, -0.1) is 0 Å². The maximum absolute atomic E-state index is 12.3. The van der Waals surface area contributed by atoms with Crippen LogP contribution < -0.4 is 15.7 Å². The second kappa shape index (κ2) is 10.9. The summed E-state index contributed by atoms with van der Waals surface area (Å²) in [5.41, 5.74) is 0.843. The van der Waals surface area contributed by atoms with Crippen LogP contribution in [0.3, 0.4) is 0 Å². The van der Waals surface area contributed by atoms with Crippen LogP contribution in [-0.2, 0) is 0 Å². The molecular formula is C29H34ClN3OSi. The maximum atomic E-state index is 12.3. The predicted octanol–water partition coefficient (Wildman–Crippen LogP) is 6.18. The van der Waals surface area contributed by atoms with Gasteiger partial charge in [-0.1, -0.05) is 99.0 Å². The van der Waals surface area contributed by atoms with Crippen molar-refractivity contribution < 1.29 is 4.80 Å². The molecule has 3 aromatic carbocycles. The van der Waals surface area contributed by atoms with Gasteiger partial charge in [0.15, 0.2) is 0 Å². The minimum absolute atomic E-state index is 0.214. The highest BCUT2D eigenvalue weighted by atomic mass is 35.5. The normalized spacial score (nSPS) is 13.1. The molecule has 182 valence electrons. The van der Waals surface area contributed by atoms with Crippen LogP contribution in [0.25, 0.3) is 10.9 Å². The molecule has 2 N–H and O–H groups in total. The molecule has 0 fully saturated rings. The van der Waals surface area contributed by atoms with E-state index in [0.717, 1.165) is 52.8 Å². The van der Waals surface area contributed by atoms with Gasteiger partial charge in [0.1, 0.15) is 12.1 Å². The first-order chi connectivity index (χ1) is 16.8. The van der Waals surface area contributed by atoms with E-state index in [9.17, 15) is 4.80 Å². The van der Waals surface area contributed by atoms with Crippen LogP contribution in [0, 0.1) is 0 Å². The van der Waals surface area contributed by atoms with Crippen molar-refractivity contribution in [2.24, 2.45) is 0 Å². The standard InChI is InChI=1S/C29H34ClN3OSi/c1-22(33-28-26-18-17-23(30)20-27(26)31-21-32-28)12-10-11-19-29(2,3)35(34,24-13-6-4-7-14-24)25-15-8-5-9-16-25/h4-9,13-18,20-22,34H,10-12,19H2,1-3H3,(H,31,32,33). The van der Waals surface area contributed by atoms with E-state index in [2.05, 4.69) is 60.3 Å². The molecule has 0 saturated carbocycles. The van der Waals surface area contributed by atoms with Gasteiger partial charge in [0, 0.05) is 16.5 Å². The summed E-state index contributed by atoms with van der Waals surface area (Å²) in [5, 5.41) is 7.13. The fourth-order valence-electron chi connectivity index (χ4n) is 4.96. The summed E-state index contributed by atoms with van der Waals surface area (Å²) < 4.78 is 0. The lowest BCUT2D eigenvalue weighted by molar-refractivity contribution is 0.446. The van der Waals surface area contributed by atoms with Crippen LogP contribution in [0.2, 0.25) is 10.1 Å². The SMILES string of the molecule is CC(CCCCC(C)(C)[Si](O)(c1ccccc1)c1ccccc1)Nc1ncnc2cc(Cl)ccc12. The largest absolute Gasteiger partial charge is 0.424 e. The van der Waals surface area contributed by atoms with Crippen molar-refractivity contribution in [3.05, 3.63) is 90.2 Å². The Morgan fingerprint density at radius 1 is 0.914 bits per heavy atom. The molecule has 0 radical (unpaired) electrons. The van der Waals surface area contributed by atoms with Crippen molar-refractivity contribution >= 4 is 47.0 Å². The van der Waals surface area contributed by atoms with Crippen LogP contribution in [0.15, 0.2) is 85.2 Å². The van der Waals surface area contributed by atoms with E-state index in [-0.39, 0.29) is 11.1 Å². The fraction of sp³-hybridized carbons (Fsp3) is 0.310. The van der Waals surface area contributed by atoms with Crippen molar-refractivity contribution in [3.63, 3.8) is 0 Å². The van der Waals surface area contributed by atoms with E-state index in [4.69, 9.17) is 11.6 Å². The number of nitrogens with one attached hydrogen (secondary N) is 1. The Labute approximate surface area is 214 Å². The molecule has 0 spiro atoms. The molecule has 1 unspecified atom stereocenters. The van der Waals surface area contributed by atoms with Crippen LogP contribution in [0.5, 0.6) is 0 Å². The summed E-state index contributed by atoms with van der Waals surface area (Å²) in [6, 6.07) is 26.5. The van der Waals surface area contributed by atoms with E-state index in [1.54, 1.807) is 6.33 Å². The van der Waals surface area contributed by atoms with Crippen molar-refractivity contribution in [1.29, 1.82) is 0 Å². The third-order valence-corrected chi connectivity index (χ3v) is 11.8. The fourth-order valence-corrected chi connectivity index (χ4v) is 8.91. The summed E-state index contributed by atoms with van der Waals surface area (Å²) in [5.74, 6) is 0.842. The van der Waals surface area contributed by atoms with Gasteiger partial charge in [-0.25, -0.2) is 9.97 Å². The summed E-state index contributed by atoms with van der Waals surface area (Å²) in [6.45, 7) is 6.66. The molecule has 4 nitrogen and oxygen atoms in total. The highest BCUT2D eigenvalue weighted by Crippen LogP contribution is 2.40. The van der Waals surface area contributed by atoms with E-state index in [1.807, 2.05) is 54.6 Å². The summed E-state index contributed by atoms with van der Waals surface area (Å²) in [4.78, 5) is 21.1. The highest BCUT2D eigenvalue weighted by molar-refractivity contribution is 6.98. The quantitative estimate of drug-likeness (QED) is 0.200. The average Bonchev–Trinajstić information content (AvgIpc) is 2.87. The monoisotopic (exact) mass is 503 g/mol. The number of anilines is 1. The van der Waals surface area contributed by atoms with Gasteiger partial charge in [0.05, 0.1) is 5.52 Å². The molecule has 0 amide bonds. The minimum atomic E-state index is -2.95. The summed E-state index contributed by atoms with van der Waals surface area (Å²) in [7, 11) is -2.95. The molecule has 4 aromatic rings. The third-order valence-electron chi connectivity index (χ3n) is 7.03. The zero-order chi connectivity index (χ0) is 24.9. The van der Waals surface area contributed by atoms with Crippen molar-refractivity contribution in [3.8, 4) is 0 Å². The molecule has 1 heterocycles. The lowest BCUT2D eigenvalue weighted by atomic mass is 10.0. The Hall–Kier alpha value is -2.73. The molecule has 1 aromatic heterocycles. The van der Waals surface area contributed by atoms with Crippen molar-refractivity contribution in [2.45, 2.75) is 57.5 Å². The van der Waals surface area contributed by atoms with Crippen molar-refractivity contribution in [1.82, 2.24) is 9.97 Å². The zero-order valence-electron chi connectivity index (χ0n) is 20.7. The average molecular weight is 504 g/mol. The van der Waals surface area contributed by atoms with Gasteiger partial charge in [0.25, 0.3) is 8.32 Å². The molecule has 0 aliphatic rings. The number of nitrogens with zero attached hydrogens (tertiary/aromatic N) is 2. The van der Waals surface area contributed by atoms with Gasteiger partial charge in [0.2, 0.25) is 0 Å². The van der Waals surface area contributed by atoms with Gasteiger partial charge >= 0.3 is 0 Å². The van der Waals surface area contributed by atoms with Crippen molar-refractivity contribution in [2.75, 3.05) is 5.32 Å². The number of hydrogen-bond acceptors (Lipinski definition) is 4. The maximum Gasteiger partial charge on any atom is 0.258 e. The molecular weight excluding hydrogens is 470 g/mol. The van der Waals surface area contributed by atoms with Crippen LogP contribution >= 0.6 is 11.6 Å². The number of halogens is 1. The van der Waals surface area contributed by atoms with Gasteiger partial charge in [-0.3, -0.25) is 0 Å². The minimum Gasteiger partial charge on any atom is -0.424 e. The second-order valence-corrected chi connectivity index (χ2v) is 14.4. The first kappa shape index (κ1) is 25.4. The summed E-state index contributed by atoms with van der Waals surface area (Å²) in [6.07, 6.45) is 5.68. The third kappa shape index (κ3) is 5.58. The van der Waals surface area contributed by atoms with Crippen LogP contribution in [0.1, 0.15) is 46.5 Å². The predicted molar refractivity (Wildman–Crippen MR) is 150 cm³/mol. The molecule has 0 aliphatic heterocycles. The molecule has 0 saturated heterocycles. The zero-order valence-corrected chi connectivity index (χ0v) is 22.5. The van der Waals surface area contributed by atoms with Gasteiger partial charge in [-0.2, -0.15) is 0 Å². The van der Waals surface area contributed by atoms with Crippen LogP contribution in [0.4, 0.5) is 5.82 Å². The van der Waals surface area contributed by atoms with E-state index in [1.165, 1.54) is 0 Å². The summed E-state index contributed by atoms with van der Waals surface area (Å²) >= 11 is 6.11. The highest BCUT2D eigenvalue weighted by Gasteiger charge is 2.49. The smallest absolute Gasteiger partial charge is 0.258 e. The van der Waals surface area contributed by atoms with Gasteiger partial charge < -0.3 is 10.1 Å². The lowest BCUT2D eigenvalue weighted by Crippen LogP contribution is -2.65. The molecule has 0 aliphatic carbocycles. The molecule has 35 heavy (non-hydrogen) atoms. The topological polar surface area (TPSA) is 58.0 Å². The second-order valence-electron chi connectivity index (χ2n) is 10.0. The number of fused-ring (bicyclic) bond motifs is 1. The number of aromatic nitrogens is 2. The Morgan fingerprint density at radius 2 is 1.54 bits per heavy atom. The van der Waals surface area contributed by atoms with E-state index in [0.29, 0.717) is 5.02 Å². The van der Waals surface area contributed by atoms with Gasteiger partial charge in [-0.05, 0) is 53.4 Å². The Morgan fingerprint density at radius 3 is 2.17 bits per heavy atom. The number of benzene rings is 3. The molecule has 0 bridgehead atoms. The number of hydrogen-bond donors (Lipinski definition) is 2. The lowest BCUT2D eigenvalue weighted by Gasteiger charge is -2.41.